The van der Waals surface area contributed by atoms with Gasteiger partial charge in [0.2, 0.25) is 0 Å². The lowest BCUT2D eigenvalue weighted by Gasteiger charge is -2.08. The normalized spacial score (nSPS) is 11.2. The Balaban J connectivity index is 2.71. The second kappa shape index (κ2) is 4.40. The van der Waals surface area contributed by atoms with Gasteiger partial charge in [0.25, 0.3) is 0 Å². The van der Waals surface area contributed by atoms with Crippen LogP contribution in [-0.2, 0) is 7.05 Å². The molecule has 0 aliphatic rings. The molecule has 0 atom stereocenters. The molecule has 5 heteroatoms. The second-order valence-corrected chi connectivity index (χ2v) is 4.91. The van der Waals surface area contributed by atoms with E-state index in [0.29, 0.717) is 11.7 Å². The monoisotopic (exact) mass is 245 g/mol. The van der Waals surface area contributed by atoms with Crippen LogP contribution in [0.15, 0.2) is 6.07 Å². The summed E-state index contributed by atoms with van der Waals surface area (Å²) in [6, 6.07) is 2.01. The van der Waals surface area contributed by atoms with Crippen LogP contribution in [0.25, 0.3) is 11.3 Å². The lowest BCUT2D eigenvalue weighted by molar-refractivity contribution is 0.779. The van der Waals surface area contributed by atoms with Gasteiger partial charge in [-0.05, 0) is 25.8 Å². The molecular formula is C13H19N5. The Morgan fingerprint density at radius 3 is 2.50 bits per heavy atom. The number of nitrogens with zero attached hydrogens (tertiary/aromatic N) is 4. The Morgan fingerprint density at radius 2 is 1.89 bits per heavy atom. The minimum absolute atomic E-state index is 0.321. The molecule has 0 fully saturated rings. The molecule has 0 unspecified atom stereocenters. The van der Waals surface area contributed by atoms with Gasteiger partial charge in [-0.25, -0.2) is 0 Å². The average molecular weight is 245 g/mol. The first kappa shape index (κ1) is 12.5. The quantitative estimate of drug-likeness (QED) is 0.880. The summed E-state index contributed by atoms with van der Waals surface area (Å²) in [6.45, 7) is 8.11. The van der Waals surface area contributed by atoms with E-state index in [2.05, 4.69) is 29.1 Å². The van der Waals surface area contributed by atoms with E-state index in [1.165, 1.54) is 0 Å². The zero-order valence-corrected chi connectivity index (χ0v) is 11.5. The molecule has 0 saturated carbocycles. The third-order valence-corrected chi connectivity index (χ3v) is 3.06. The first-order valence-corrected chi connectivity index (χ1v) is 6.05. The second-order valence-electron chi connectivity index (χ2n) is 4.91. The van der Waals surface area contributed by atoms with Gasteiger partial charge in [-0.2, -0.15) is 15.3 Å². The van der Waals surface area contributed by atoms with Crippen LogP contribution in [0.2, 0.25) is 0 Å². The van der Waals surface area contributed by atoms with Gasteiger partial charge in [-0.15, -0.1) is 0 Å². The molecule has 2 rings (SSSR count). The number of nitrogens with two attached hydrogens (primary N) is 1. The maximum absolute atomic E-state index is 6.09. The SMILES string of the molecule is Cc1cc(-c2nn(C)c(N)c2C(C)C)c(C)nn1. The molecular weight excluding hydrogens is 226 g/mol. The summed E-state index contributed by atoms with van der Waals surface area (Å²) in [6.07, 6.45) is 0. The van der Waals surface area contributed by atoms with Crippen LogP contribution in [0.3, 0.4) is 0 Å². The van der Waals surface area contributed by atoms with Gasteiger partial charge in [-0.3, -0.25) is 4.68 Å². The highest BCUT2D eigenvalue weighted by Gasteiger charge is 2.20. The van der Waals surface area contributed by atoms with Crippen molar-refractivity contribution in [3.8, 4) is 11.3 Å². The Hall–Kier alpha value is -1.91. The minimum atomic E-state index is 0.321. The maximum atomic E-state index is 6.09. The maximum Gasteiger partial charge on any atom is 0.125 e. The van der Waals surface area contributed by atoms with E-state index < -0.39 is 0 Å². The zero-order chi connectivity index (χ0) is 13.4. The molecule has 2 N–H and O–H groups in total. The van der Waals surface area contributed by atoms with Gasteiger partial charge >= 0.3 is 0 Å². The number of hydrogen-bond acceptors (Lipinski definition) is 4. The Kier molecular flexibility index (Phi) is 3.07. The topological polar surface area (TPSA) is 69.6 Å². The molecule has 2 aromatic heterocycles. The predicted octanol–water partition coefficient (Wildman–Crippen LogP) is 2.20. The largest absolute Gasteiger partial charge is 0.384 e. The summed E-state index contributed by atoms with van der Waals surface area (Å²) in [4.78, 5) is 0. The molecule has 96 valence electrons. The number of aromatic nitrogens is 4. The number of hydrogen-bond donors (Lipinski definition) is 1. The number of nitrogen functional groups attached to an aromatic ring is 1. The summed E-state index contributed by atoms with van der Waals surface area (Å²) in [5.74, 6) is 1.04. The molecule has 0 radical (unpaired) electrons. The fourth-order valence-corrected chi connectivity index (χ4v) is 2.11. The van der Waals surface area contributed by atoms with Crippen molar-refractivity contribution in [2.24, 2.45) is 7.05 Å². The summed E-state index contributed by atoms with van der Waals surface area (Å²) in [5.41, 5.74) is 10.9. The average Bonchev–Trinajstić information content (AvgIpc) is 2.59. The number of aryl methyl sites for hydroxylation is 3. The fourth-order valence-electron chi connectivity index (χ4n) is 2.11. The predicted molar refractivity (Wildman–Crippen MR) is 72.2 cm³/mol. The third kappa shape index (κ3) is 1.96. The van der Waals surface area contributed by atoms with E-state index in [4.69, 9.17) is 5.73 Å². The van der Waals surface area contributed by atoms with Gasteiger partial charge in [0.1, 0.15) is 5.82 Å². The van der Waals surface area contributed by atoms with E-state index in [1.807, 2.05) is 27.0 Å². The molecule has 0 saturated heterocycles. The molecule has 0 aliphatic carbocycles. The van der Waals surface area contributed by atoms with Crippen LogP contribution in [0, 0.1) is 13.8 Å². The summed E-state index contributed by atoms with van der Waals surface area (Å²) >= 11 is 0. The highest BCUT2D eigenvalue weighted by molar-refractivity contribution is 5.71. The summed E-state index contributed by atoms with van der Waals surface area (Å²) in [5, 5.41) is 12.7. The van der Waals surface area contributed by atoms with Crippen molar-refractivity contribution in [1.29, 1.82) is 0 Å². The molecule has 0 aliphatic heterocycles. The lowest BCUT2D eigenvalue weighted by atomic mass is 9.98. The molecule has 5 nitrogen and oxygen atoms in total. The van der Waals surface area contributed by atoms with E-state index in [-0.39, 0.29) is 0 Å². The van der Waals surface area contributed by atoms with E-state index in [0.717, 1.165) is 28.2 Å². The van der Waals surface area contributed by atoms with Crippen molar-refractivity contribution in [3.63, 3.8) is 0 Å². The number of anilines is 1. The summed E-state index contributed by atoms with van der Waals surface area (Å²) < 4.78 is 1.72. The van der Waals surface area contributed by atoms with Crippen LogP contribution in [0.1, 0.15) is 36.7 Å². The van der Waals surface area contributed by atoms with Crippen molar-refractivity contribution in [3.05, 3.63) is 23.0 Å². The van der Waals surface area contributed by atoms with Gasteiger partial charge in [0.15, 0.2) is 0 Å². The highest BCUT2D eigenvalue weighted by atomic mass is 15.3. The molecule has 18 heavy (non-hydrogen) atoms. The van der Waals surface area contributed by atoms with E-state index in [9.17, 15) is 0 Å². The minimum Gasteiger partial charge on any atom is -0.384 e. The molecule has 0 amide bonds. The van der Waals surface area contributed by atoms with E-state index in [1.54, 1.807) is 4.68 Å². The molecule has 0 aromatic carbocycles. The smallest absolute Gasteiger partial charge is 0.125 e. The molecule has 2 heterocycles. The number of rotatable bonds is 2. The van der Waals surface area contributed by atoms with Gasteiger partial charge < -0.3 is 5.73 Å². The van der Waals surface area contributed by atoms with Crippen molar-refractivity contribution in [2.45, 2.75) is 33.6 Å². The zero-order valence-electron chi connectivity index (χ0n) is 11.5. The molecule has 0 bridgehead atoms. The van der Waals surface area contributed by atoms with Crippen molar-refractivity contribution < 1.29 is 0 Å². The van der Waals surface area contributed by atoms with Crippen LogP contribution >= 0.6 is 0 Å². The molecule has 2 aromatic rings. The van der Waals surface area contributed by atoms with Crippen molar-refractivity contribution in [1.82, 2.24) is 20.0 Å². The standard InChI is InChI=1S/C13H19N5/c1-7(2)11-12(17-18(5)13(11)14)10-6-8(3)15-16-9(10)4/h6-7H,14H2,1-5H3. The molecule has 0 spiro atoms. The Labute approximate surface area is 107 Å². The van der Waals surface area contributed by atoms with Gasteiger partial charge in [-0.1, -0.05) is 13.8 Å². The van der Waals surface area contributed by atoms with Gasteiger partial charge in [0.05, 0.1) is 17.1 Å². The van der Waals surface area contributed by atoms with Crippen LogP contribution in [-0.4, -0.2) is 20.0 Å². The third-order valence-electron chi connectivity index (χ3n) is 3.06. The summed E-state index contributed by atoms with van der Waals surface area (Å²) in [7, 11) is 1.86. The van der Waals surface area contributed by atoms with Crippen molar-refractivity contribution in [2.75, 3.05) is 5.73 Å². The lowest BCUT2D eigenvalue weighted by Crippen LogP contribution is -2.00. The van der Waals surface area contributed by atoms with Crippen LogP contribution in [0.5, 0.6) is 0 Å². The highest BCUT2D eigenvalue weighted by Crippen LogP contribution is 2.33. The van der Waals surface area contributed by atoms with Crippen LogP contribution < -0.4 is 5.73 Å². The first-order chi connectivity index (χ1) is 8.41. The van der Waals surface area contributed by atoms with Gasteiger partial charge in [0, 0.05) is 18.2 Å². The fraction of sp³-hybridized carbons (Fsp3) is 0.462. The first-order valence-electron chi connectivity index (χ1n) is 6.05. The Bertz CT molecular complexity index is 583. The van der Waals surface area contributed by atoms with E-state index >= 15 is 0 Å². The van der Waals surface area contributed by atoms with Crippen LogP contribution in [0.4, 0.5) is 5.82 Å². The van der Waals surface area contributed by atoms with Crippen molar-refractivity contribution >= 4 is 5.82 Å². The Morgan fingerprint density at radius 1 is 1.22 bits per heavy atom.